The lowest BCUT2D eigenvalue weighted by molar-refractivity contribution is -0.160. The third-order valence-corrected chi connectivity index (χ3v) is 2.86. The predicted molar refractivity (Wildman–Crippen MR) is 79.8 cm³/mol. The molecule has 124 valence electrons. The summed E-state index contributed by atoms with van der Waals surface area (Å²) in [7, 11) is 0. The van der Waals surface area contributed by atoms with E-state index in [-0.39, 0.29) is 12.5 Å². The quantitative estimate of drug-likeness (QED) is 0.778. The fourth-order valence-electron chi connectivity index (χ4n) is 1.54. The number of hydrogen-bond acceptors (Lipinski definition) is 6. The summed E-state index contributed by atoms with van der Waals surface area (Å²) >= 11 is 0. The largest absolute Gasteiger partial charge is 0.463 e. The van der Waals surface area contributed by atoms with Crippen LogP contribution in [-0.4, -0.2) is 39.7 Å². The monoisotopic (exact) mass is 312 g/mol. The van der Waals surface area contributed by atoms with Crippen molar-refractivity contribution in [2.24, 2.45) is 0 Å². The van der Waals surface area contributed by atoms with E-state index in [1.54, 1.807) is 34.6 Å². The van der Waals surface area contributed by atoms with Gasteiger partial charge in [-0.15, -0.1) is 5.10 Å². The zero-order chi connectivity index (χ0) is 17.0. The topological polar surface area (TPSA) is 79.7 Å². The summed E-state index contributed by atoms with van der Waals surface area (Å²) < 4.78 is 16.8. The van der Waals surface area contributed by atoms with Gasteiger partial charge in [-0.25, -0.2) is 9.59 Å². The van der Waals surface area contributed by atoms with Crippen LogP contribution in [-0.2, 0) is 14.3 Å². The van der Waals surface area contributed by atoms with E-state index in [0.717, 1.165) is 4.68 Å². The maximum Gasteiger partial charge on any atom is 0.435 e. The molecule has 1 aromatic rings. The maximum atomic E-state index is 12.0. The second kappa shape index (κ2) is 6.81. The molecule has 0 spiro atoms. The standard InChI is InChI=1S/C15H24N2O5/c1-7-15(6,12(18)20-8-2)21-11-9-10-17(16-11)13(19)22-14(3,4)5/h9-10H,7-8H2,1-6H3. The predicted octanol–water partition coefficient (Wildman–Crippen LogP) is 2.78. The van der Waals surface area contributed by atoms with Gasteiger partial charge in [0.15, 0.2) is 0 Å². The van der Waals surface area contributed by atoms with Crippen LogP contribution in [0.2, 0.25) is 0 Å². The highest BCUT2D eigenvalue weighted by Crippen LogP contribution is 2.21. The van der Waals surface area contributed by atoms with Crippen LogP contribution in [0.25, 0.3) is 0 Å². The lowest BCUT2D eigenvalue weighted by atomic mass is 10.0. The summed E-state index contributed by atoms with van der Waals surface area (Å²) in [5.74, 6) is -0.312. The van der Waals surface area contributed by atoms with Gasteiger partial charge in [-0.05, 0) is 41.0 Å². The van der Waals surface area contributed by atoms with Crippen molar-refractivity contribution in [3.8, 4) is 5.88 Å². The molecule has 0 aromatic carbocycles. The van der Waals surface area contributed by atoms with Crippen LogP contribution >= 0.6 is 0 Å². The van der Waals surface area contributed by atoms with E-state index in [1.165, 1.54) is 12.3 Å². The first-order chi connectivity index (χ1) is 10.1. The van der Waals surface area contributed by atoms with E-state index in [2.05, 4.69) is 5.10 Å². The van der Waals surface area contributed by atoms with Crippen molar-refractivity contribution in [3.05, 3.63) is 12.3 Å². The molecule has 0 fully saturated rings. The molecule has 1 rings (SSSR count). The molecule has 1 atom stereocenters. The smallest absolute Gasteiger partial charge is 0.435 e. The van der Waals surface area contributed by atoms with Gasteiger partial charge in [-0.2, -0.15) is 4.68 Å². The van der Waals surface area contributed by atoms with Crippen molar-refractivity contribution >= 4 is 12.1 Å². The van der Waals surface area contributed by atoms with E-state index >= 15 is 0 Å². The van der Waals surface area contributed by atoms with Gasteiger partial charge in [0.25, 0.3) is 0 Å². The second-order valence-corrected chi connectivity index (χ2v) is 5.99. The zero-order valence-corrected chi connectivity index (χ0v) is 14.0. The minimum atomic E-state index is -1.15. The summed E-state index contributed by atoms with van der Waals surface area (Å²) in [6.45, 7) is 10.7. The zero-order valence-electron chi connectivity index (χ0n) is 14.0. The van der Waals surface area contributed by atoms with E-state index < -0.39 is 23.3 Å². The highest BCUT2D eigenvalue weighted by atomic mass is 16.6. The number of carbonyl (C=O) groups is 2. The molecule has 1 heterocycles. The molecule has 1 aromatic heterocycles. The first kappa shape index (κ1) is 18.0. The summed E-state index contributed by atoms with van der Waals surface area (Å²) in [6, 6.07) is 1.50. The normalized spacial score (nSPS) is 14.1. The van der Waals surface area contributed by atoms with Crippen molar-refractivity contribution in [2.45, 2.75) is 59.2 Å². The highest BCUT2D eigenvalue weighted by molar-refractivity contribution is 5.79. The van der Waals surface area contributed by atoms with Crippen LogP contribution in [0.5, 0.6) is 5.88 Å². The van der Waals surface area contributed by atoms with Crippen molar-refractivity contribution in [3.63, 3.8) is 0 Å². The number of aromatic nitrogens is 2. The molecular formula is C15H24N2O5. The Kier molecular flexibility index (Phi) is 5.57. The van der Waals surface area contributed by atoms with Gasteiger partial charge in [0.05, 0.1) is 6.61 Å². The summed E-state index contributed by atoms with van der Waals surface area (Å²) in [6.07, 6.45) is 1.21. The first-order valence-electron chi connectivity index (χ1n) is 7.26. The van der Waals surface area contributed by atoms with Crippen LogP contribution in [0, 0.1) is 0 Å². The molecule has 0 saturated carbocycles. The van der Waals surface area contributed by atoms with Gasteiger partial charge in [-0.1, -0.05) is 6.92 Å². The molecule has 1 unspecified atom stereocenters. The second-order valence-electron chi connectivity index (χ2n) is 5.99. The molecule has 0 radical (unpaired) electrons. The fourth-order valence-corrected chi connectivity index (χ4v) is 1.54. The fraction of sp³-hybridized carbons (Fsp3) is 0.667. The molecule has 0 N–H and O–H groups in total. The van der Waals surface area contributed by atoms with Crippen LogP contribution < -0.4 is 4.74 Å². The minimum Gasteiger partial charge on any atom is -0.463 e. The lowest BCUT2D eigenvalue weighted by Crippen LogP contribution is -2.42. The Hall–Kier alpha value is -2.05. The van der Waals surface area contributed by atoms with Gasteiger partial charge < -0.3 is 14.2 Å². The van der Waals surface area contributed by atoms with Crippen molar-refractivity contribution in [1.29, 1.82) is 0 Å². The van der Waals surface area contributed by atoms with Crippen molar-refractivity contribution in [2.75, 3.05) is 6.61 Å². The van der Waals surface area contributed by atoms with E-state index in [4.69, 9.17) is 14.2 Å². The highest BCUT2D eigenvalue weighted by Gasteiger charge is 2.36. The molecule has 22 heavy (non-hydrogen) atoms. The number of esters is 1. The lowest BCUT2D eigenvalue weighted by Gasteiger charge is -2.25. The average Bonchev–Trinajstić information content (AvgIpc) is 2.85. The molecule has 0 aliphatic rings. The Bertz CT molecular complexity index is 532. The van der Waals surface area contributed by atoms with Crippen LogP contribution in [0.1, 0.15) is 48.0 Å². The molecule has 0 aliphatic heterocycles. The van der Waals surface area contributed by atoms with Crippen molar-refractivity contribution < 1.29 is 23.8 Å². The molecule has 7 heteroatoms. The number of rotatable bonds is 5. The van der Waals surface area contributed by atoms with E-state index in [0.29, 0.717) is 6.42 Å². The van der Waals surface area contributed by atoms with Crippen LogP contribution in [0.4, 0.5) is 4.79 Å². The minimum absolute atomic E-state index is 0.156. The Balaban J connectivity index is 2.83. The molecule has 0 bridgehead atoms. The maximum absolute atomic E-state index is 12.0. The number of nitrogens with zero attached hydrogens (tertiary/aromatic N) is 2. The summed E-state index contributed by atoms with van der Waals surface area (Å²) in [5.41, 5.74) is -1.77. The molecule has 0 aliphatic carbocycles. The molecule has 0 amide bonds. The first-order valence-corrected chi connectivity index (χ1v) is 7.26. The van der Waals surface area contributed by atoms with Crippen LogP contribution in [0.3, 0.4) is 0 Å². The van der Waals surface area contributed by atoms with Crippen LogP contribution in [0.15, 0.2) is 12.3 Å². The third-order valence-electron chi connectivity index (χ3n) is 2.86. The summed E-state index contributed by atoms with van der Waals surface area (Å²) in [4.78, 5) is 23.8. The van der Waals surface area contributed by atoms with E-state index in [1.807, 2.05) is 6.92 Å². The number of hydrogen-bond donors (Lipinski definition) is 0. The Morgan fingerprint density at radius 3 is 2.36 bits per heavy atom. The SMILES string of the molecule is CCOC(=O)C(C)(CC)Oc1ccn(C(=O)OC(C)(C)C)n1. The number of carbonyl (C=O) groups excluding carboxylic acids is 2. The molecule has 0 saturated heterocycles. The number of ether oxygens (including phenoxy) is 3. The summed E-state index contributed by atoms with van der Waals surface area (Å²) in [5, 5.41) is 3.98. The molecule has 7 nitrogen and oxygen atoms in total. The Morgan fingerprint density at radius 1 is 1.23 bits per heavy atom. The average molecular weight is 312 g/mol. The van der Waals surface area contributed by atoms with E-state index in [9.17, 15) is 9.59 Å². The van der Waals surface area contributed by atoms with Gasteiger partial charge in [0, 0.05) is 12.3 Å². The third kappa shape index (κ3) is 4.75. The van der Waals surface area contributed by atoms with Gasteiger partial charge in [0.1, 0.15) is 5.60 Å². The Morgan fingerprint density at radius 2 is 1.86 bits per heavy atom. The van der Waals surface area contributed by atoms with Gasteiger partial charge in [-0.3, -0.25) is 0 Å². The molecular weight excluding hydrogens is 288 g/mol. The van der Waals surface area contributed by atoms with Gasteiger partial charge in [0.2, 0.25) is 11.5 Å². The van der Waals surface area contributed by atoms with Gasteiger partial charge >= 0.3 is 12.1 Å². The van der Waals surface area contributed by atoms with Crippen molar-refractivity contribution in [1.82, 2.24) is 9.78 Å². The Labute approximate surface area is 130 Å².